The molecule has 0 aliphatic rings. The van der Waals surface area contributed by atoms with Crippen molar-refractivity contribution in [2.24, 2.45) is 0 Å². The van der Waals surface area contributed by atoms with Crippen molar-refractivity contribution in [1.29, 1.82) is 5.26 Å². The van der Waals surface area contributed by atoms with Crippen molar-refractivity contribution in [1.82, 2.24) is 0 Å². The smallest absolute Gasteiger partial charge is 0.266 e. The Morgan fingerprint density at radius 1 is 1.14 bits per heavy atom. The predicted octanol–water partition coefficient (Wildman–Crippen LogP) is 6.36. The van der Waals surface area contributed by atoms with Crippen molar-refractivity contribution in [2.45, 2.75) is 13.3 Å². The molecule has 0 saturated heterocycles. The second-order valence-corrected chi connectivity index (χ2v) is 6.84. The highest BCUT2D eigenvalue weighted by Gasteiger charge is 2.13. The van der Waals surface area contributed by atoms with E-state index in [1.165, 1.54) is 6.08 Å². The SMILES string of the molecule is CCc1ccc(NC(=O)/C(C#N)=C/c2ccc(-c3cc(Cl)ccc3Cl)o2)cc1. The van der Waals surface area contributed by atoms with Crippen LogP contribution in [0, 0.1) is 11.3 Å². The van der Waals surface area contributed by atoms with Gasteiger partial charge < -0.3 is 9.73 Å². The topological polar surface area (TPSA) is 66.0 Å². The summed E-state index contributed by atoms with van der Waals surface area (Å²) in [5.41, 5.74) is 2.34. The fourth-order valence-corrected chi connectivity index (χ4v) is 2.96. The Kier molecular flexibility index (Phi) is 6.20. The fraction of sp³-hybridized carbons (Fsp3) is 0.0909. The lowest BCUT2D eigenvalue weighted by atomic mass is 10.1. The Morgan fingerprint density at radius 3 is 2.57 bits per heavy atom. The van der Waals surface area contributed by atoms with E-state index in [1.54, 1.807) is 42.5 Å². The summed E-state index contributed by atoms with van der Waals surface area (Å²) in [6.07, 6.45) is 2.30. The number of rotatable bonds is 5. The summed E-state index contributed by atoms with van der Waals surface area (Å²) in [5.74, 6) is 0.344. The van der Waals surface area contributed by atoms with Gasteiger partial charge in [-0.25, -0.2) is 0 Å². The van der Waals surface area contributed by atoms with Crippen LogP contribution >= 0.6 is 23.2 Å². The number of anilines is 1. The van der Waals surface area contributed by atoms with Gasteiger partial charge in [0.25, 0.3) is 5.91 Å². The van der Waals surface area contributed by atoms with Gasteiger partial charge in [0.15, 0.2) is 0 Å². The molecule has 0 unspecified atom stereocenters. The molecule has 1 N–H and O–H groups in total. The average molecular weight is 411 g/mol. The zero-order valence-electron chi connectivity index (χ0n) is 15.0. The molecule has 28 heavy (non-hydrogen) atoms. The molecule has 0 atom stereocenters. The number of nitriles is 1. The van der Waals surface area contributed by atoms with Gasteiger partial charge in [0.05, 0.1) is 5.02 Å². The number of furan rings is 1. The van der Waals surface area contributed by atoms with Gasteiger partial charge in [-0.2, -0.15) is 5.26 Å². The highest BCUT2D eigenvalue weighted by molar-refractivity contribution is 6.35. The molecule has 1 aromatic heterocycles. The number of nitrogens with one attached hydrogen (secondary N) is 1. The van der Waals surface area contributed by atoms with Crippen molar-refractivity contribution in [2.75, 3.05) is 5.32 Å². The third kappa shape index (κ3) is 4.64. The molecule has 0 bridgehead atoms. The number of halogens is 2. The second-order valence-electron chi connectivity index (χ2n) is 6.00. The van der Waals surface area contributed by atoms with Crippen molar-refractivity contribution in [3.8, 4) is 17.4 Å². The van der Waals surface area contributed by atoms with Crippen molar-refractivity contribution < 1.29 is 9.21 Å². The van der Waals surface area contributed by atoms with E-state index < -0.39 is 5.91 Å². The molecule has 3 rings (SSSR count). The number of carbonyl (C=O) groups is 1. The molecular weight excluding hydrogens is 395 g/mol. The summed E-state index contributed by atoms with van der Waals surface area (Å²) in [6, 6.07) is 17.8. The average Bonchev–Trinajstić information content (AvgIpc) is 3.17. The standard InChI is InChI=1S/C22H16Cl2N2O2/c1-2-14-3-6-17(7-4-14)26-22(27)15(13-25)11-18-8-10-21(28-18)19-12-16(23)5-9-20(19)24/h3-12H,2H2,1H3,(H,26,27)/b15-11+. The van der Waals surface area contributed by atoms with Crippen LogP contribution in [0.15, 0.2) is 64.6 Å². The van der Waals surface area contributed by atoms with E-state index in [4.69, 9.17) is 27.6 Å². The summed E-state index contributed by atoms with van der Waals surface area (Å²) in [4.78, 5) is 12.4. The van der Waals surface area contributed by atoms with E-state index in [2.05, 4.69) is 12.2 Å². The highest BCUT2D eigenvalue weighted by Crippen LogP contribution is 2.32. The van der Waals surface area contributed by atoms with Crippen molar-refractivity contribution in [3.05, 3.63) is 81.5 Å². The van der Waals surface area contributed by atoms with Gasteiger partial charge in [-0.3, -0.25) is 4.79 Å². The largest absolute Gasteiger partial charge is 0.457 e. The van der Waals surface area contributed by atoms with Gasteiger partial charge >= 0.3 is 0 Å². The normalized spacial score (nSPS) is 11.1. The molecule has 0 spiro atoms. The third-order valence-corrected chi connectivity index (χ3v) is 4.66. The summed E-state index contributed by atoms with van der Waals surface area (Å²) >= 11 is 12.2. The Hall–Kier alpha value is -3.00. The van der Waals surface area contributed by atoms with Crippen LogP contribution < -0.4 is 5.32 Å². The van der Waals surface area contributed by atoms with Gasteiger partial charge in [-0.15, -0.1) is 0 Å². The van der Waals surface area contributed by atoms with E-state index in [-0.39, 0.29) is 5.57 Å². The summed E-state index contributed by atoms with van der Waals surface area (Å²) < 4.78 is 5.72. The molecule has 0 fully saturated rings. The summed E-state index contributed by atoms with van der Waals surface area (Å²) in [6.45, 7) is 2.05. The number of benzene rings is 2. The van der Waals surface area contributed by atoms with Crippen LogP contribution in [0.25, 0.3) is 17.4 Å². The van der Waals surface area contributed by atoms with Crippen LogP contribution in [0.3, 0.4) is 0 Å². The zero-order valence-corrected chi connectivity index (χ0v) is 16.5. The van der Waals surface area contributed by atoms with E-state index in [1.807, 2.05) is 18.2 Å². The first kappa shape index (κ1) is 19.8. The zero-order chi connectivity index (χ0) is 20.1. The number of hydrogen-bond acceptors (Lipinski definition) is 3. The molecule has 0 saturated carbocycles. The number of amides is 1. The van der Waals surface area contributed by atoms with Crippen LogP contribution in [0.5, 0.6) is 0 Å². The fourth-order valence-electron chi connectivity index (χ4n) is 2.57. The first-order valence-electron chi connectivity index (χ1n) is 8.57. The third-order valence-electron chi connectivity index (χ3n) is 4.09. The maximum Gasteiger partial charge on any atom is 0.266 e. The first-order chi connectivity index (χ1) is 13.5. The summed E-state index contributed by atoms with van der Waals surface area (Å²) in [7, 11) is 0. The lowest BCUT2D eigenvalue weighted by Gasteiger charge is -2.05. The van der Waals surface area contributed by atoms with Gasteiger partial charge in [0, 0.05) is 22.3 Å². The molecule has 0 aliphatic heterocycles. The molecule has 2 aromatic carbocycles. The van der Waals surface area contributed by atoms with E-state index in [0.29, 0.717) is 32.8 Å². The molecule has 0 radical (unpaired) electrons. The van der Waals surface area contributed by atoms with Crippen LogP contribution in [0.1, 0.15) is 18.2 Å². The first-order valence-corrected chi connectivity index (χ1v) is 9.33. The monoisotopic (exact) mass is 410 g/mol. The van der Waals surface area contributed by atoms with Crippen LogP contribution in [-0.4, -0.2) is 5.91 Å². The van der Waals surface area contributed by atoms with E-state index in [9.17, 15) is 10.1 Å². The van der Waals surface area contributed by atoms with Crippen LogP contribution in [0.2, 0.25) is 10.0 Å². The minimum Gasteiger partial charge on any atom is -0.457 e. The number of carbonyl (C=O) groups excluding carboxylic acids is 1. The maximum atomic E-state index is 12.4. The van der Waals surface area contributed by atoms with E-state index >= 15 is 0 Å². The molecule has 3 aromatic rings. The van der Waals surface area contributed by atoms with Gasteiger partial charge in [0.1, 0.15) is 23.2 Å². The predicted molar refractivity (Wildman–Crippen MR) is 112 cm³/mol. The van der Waals surface area contributed by atoms with Crippen LogP contribution in [-0.2, 0) is 11.2 Å². The lowest BCUT2D eigenvalue weighted by Crippen LogP contribution is -2.13. The van der Waals surface area contributed by atoms with Crippen molar-refractivity contribution in [3.63, 3.8) is 0 Å². The quantitative estimate of drug-likeness (QED) is 0.392. The lowest BCUT2D eigenvalue weighted by molar-refractivity contribution is -0.112. The molecule has 0 aliphatic carbocycles. The Morgan fingerprint density at radius 2 is 1.89 bits per heavy atom. The van der Waals surface area contributed by atoms with Gasteiger partial charge in [-0.05, 0) is 54.4 Å². The molecule has 140 valence electrons. The second kappa shape index (κ2) is 8.79. The van der Waals surface area contributed by atoms with Gasteiger partial charge in [-0.1, -0.05) is 42.3 Å². The Labute approximate surface area is 173 Å². The number of hydrogen-bond donors (Lipinski definition) is 1. The molecule has 1 amide bonds. The molecule has 6 heteroatoms. The summed E-state index contributed by atoms with van der Waals surface area (Å²) in [5, 5.41) is 13.1. The van der Waals surface area contributed by atoms with E-state index in [0.717, 1.165) is 12.0 Å². The number of nitrogens with zero attached hydrogens (tertiary/aromatic N) is 1. The highest BCUT2D eigenvalue weighted by atomic mass is 35.5. The van der Waals surface area contributed by atoms with Gasteiger partial charge in [0.2, 0.25) is 0 Å². The molecule has 4 nitrogen and oxygen atoms in total. The van der Waals surface area contributed by atoms with Crippen molar-refractivity contribution >= 4 is 40.9 Å². The van der Waals surface area contributed by atoms with Crippen LogP contribution in [0.4, 0.5) is 5.69 Å². The maximum absolute atomic E-state index is 12.4. The minimum absolute atomic E-state index is 0.0716. The number of aryl methyl sites for hydroxylation is 1. The minimum atomic E-state index is -0.509. The molecular formula is C22H16Cl2N2O2. The Bertz CT molecular complexity index is 1080. The Balaban J connectivity index is 1.80. The molecule has 1 heterocycles.